The zero-order chi connectivity index (χ0) is 12.5. The Labute approximate surface area is 107 Å². The molecule has 3 heteroatoms. The summed E-state index contributed by atoms with van der Waals surface area (Å²) >= 11 is 0. The summed E-state index contributed by atoms with van der Waals surface area (Å²) in [4.78, 5) is 6.87. The fourth-order valence-corrected chi connectivity index (χ4v) is 2.72. The molecule has 1 aromatic heterocycles. The quantitative estimate of drug-likeness (QED) is 0.876. The Bertz CT molecular complexity index is 567. The van der Waals surface area contributed by atoms with Gasteiger partial charge >= 0.3 is 0 Å². The summed E-state index contributed by atoms with van der Waals surface area (Å²) < 4.78 is 0. The molecule has 0 unspecified atom stereocenters. The minimum Gasteiger partial charge on any atom is -0.392 e. The van der Waals surface area contributed by atoms with Crippen molar-refractivity contribution in [2.45, 2.75) is 26.0 Å². The molecule has 2 heterocycles. The second-order valence-electron chi connectivity index (χ2n) is 5.12. The van der Waals surface area contributed by atoms with E-state index < -0.39 is 0 Å². The number of pyridine rings is 1. The van der Waals surface area contributed by atoms with E-state index in [2.05, 4.69) is 34.1 Å². The Morgan fingerprint density at radius 2 is 2.22 bits per heavy atom. The van der Waals surface area contributed by atoms with Crippen molar-refractivity contribution in [2.24, 2.45) is 0 Å². The Balaban J connectivity index is 1.95. The maximum absolute atomic E-state index is 9.59. The lowest BCUT2D eigenvalue weighted by molar-refractivity contribution is 0.175. The van der Waals surface area contributed by atoms with Crippen molar-refractivity contribution < 1.29 is 5.11 Å². The fraction of sp³-hybridized carbons (Fsp3) is 0.400. The molecular weight excluding hydrogens is 224 g/mol. The molecule has 18 heavy (non-hydrogen) atoms. The van der Waals surface area contributed by atoms with Gasteiger partial charge in [-0.25, -0.2) is 0 Å². The Hall–Kier alpha value is -1.45. The minimum atomic E-state index is -0.154. The third-order valence-corrected chi connectivity index (χ3v) is 3.57. The van der Waals surface area contributed by atoms with Crippen LogP contribution in [0.5, 0.6) is 0 Å². The second kappa shape index (κ2) is 4.67. The third-order valence-electron chi connectivity index (χ3n) is 3.57. The molecule has 94 valence electrons. The second-order valence-corrected chi connectivity index (χ2v) is 5.12. The van der Waals surface area contributed by atoms with Crippen LogP contribution in [0.25, 0.3) is 10.9 Å². The van der Waals surface area contributed by atoms with E-state index in [4.69, 9.17) is 0 Å². The molecule has 0 amide bonds. The van der Waals surface area contributed by atoms with Crippen LogP contribution in [0.15, 0.2) is 30.3 Å². The van der Waals surface area contributed by atoms with Gasteiger partial charge in [-0.15, -0.1) is 0 Å². The van der Waals surface area contributed by atoms with E-state index in [1.165, 1.54) is 10.9 Å². The molecule has 0 spiro atoms. The van der Waals surface area contributed by atoms with Crippen LogP contribution in [0, 0.1) is 6.92 Å². The first kappa shape index (κ1) is 11.6. The molecule has 1 saturated heterocycles. The molecule has 1 fully saturated rings. The van der Waals surface area contributed by atoms with Crippen molar-refractivity contribution in [1.29, 1.82) is 0 Å². The number of aliphatic hydroxyl groups is 1. The summed E-state index contributed by atoms with van der Waals surface area (Å²) in [6.07, 6.45) is 0.737. The highest BCUT2D eigenvalue weighted by Gasteiger charge is 2.20. The fourth-order valence-electron chi connectivity index (χ4n) is 2.72. The molecule has 0 aliphatic carbocycles. The van der Waals surface area contributed by atoms with Crippen molar-refractivity contribution in [3.8, 4) is 0 Å². The predicted molar refractivity (Wildman–Crippen MR) is 72.4 cm³/mol. The summed E-state index contributed by atoms with van der Waals surface area (Å²) in [5, 5.41) is 10.8. The van der Waals surface area contributed by atoms with Crippen LogP contribution >= 0.6 is 0 Å². The van der Waals surface area contributed by atoms with Crippen molar-refractivity contribution >= 4 is 10.9 Å². The van der Waals surface area contributed by atoms with Gasteiger partial charge in [-0.3, -0.25) is 9.88 Å². The number of aliphatic hydroxyl groups excluding tert-OH is 1. The van der Waals surface area contributed by atoms with E-state index in [-0.39, 0.29) is 6.10 Å². The van der Waals surface area contributed by atoms with Crippen LogP contribution in [0.1, 0.15) is 17.7 Å². The number of β-amino-alcohol motifs (C(OH)–C–C–N with tert-alkyl or cyclic N) is 1. The van der Waals surface area contributed by atoms with Gasteiger partial charge < -0.3 is 5.11 Å². The maximum atomic E-state index is 9.59. The molecule has 1 aliphatic rings. The van der Waals surface area contributed by atoms with E-state index in [0.717, 1.165) is 37.3 Å². The summed E-state index contributed by atoms with van der Waals surface area (Å²) in [5.41, 5.74) is 3.43. The van der Waals surface area contributed by atoms with Gasteiger partial charge in [0.2, 0.25) is 0 Å². The van der Waals surface area contributed by atoms with Gasteiger partial charge in [0.15, 0.2) is 0 Å². The molecule has 0 bridgehead atoms. The van der Waals surface area contributed by atoms with Crippen molar-refractivity contribution in [3.63, 3.8) is 0 Å². The zero-order valence-electron chi connectivity index (χ0n) is 10.6. The number of fused-ring (bicyclic) bond motifs is 1. The van der Waals surface area contributed by atoms with Crippen LogP contribution in [0.2, 0.25) is 0 Å². The average molecular weight is 242 g/mol. The highest BCUT2D eigenvalue weighted by Crippen LogP contribution is 2.21. The van der Waals surface area contributed by atoms with Crippen molar-refractivity contribution in [1.82, 2.24) is 9.88 Å². The van der Waals surface area contributed by atoms with E-state index in [1.807, 2.05) is 13.0 Å². The SMILES string of the molecule is Cc1cc(CN2CC[C@@H](O)C2)c2ccccc2n1. The molecule has 1 aromatic carbocycles. The highest BCUT2D eigenvalue weighted by atomic mass is 16.3. The van der Waals surface area contributed by atoms with Crippen molar-refractivity contribution in [3.05, 3.63) is 41.6 Å². The van der Waals surface area contributed by atoms with Crippen LogP contribution in [0.3, 0.4) is 0 Å². The van der Waals surface area contributed by atoms with E-state index in [9.17, 15) is 5.11 Å². The number of hydrogen-bond acceptors (Lipinski definition) is 3. The van der Waals surface area contributed by atoms with E-state index >= 15 is 0 Å². The molecule has 3 nitrogen and oxygen atoms in total. The van der Waals surface area contributed by atoms with Crippen LogP contribution in [0.4, 0.5) is 0 Å². The lowest BCUT2D eigenvalue weighted by Crippen LogP contribution is -2.21. The zero-order valence-corrected chi connectivity index (χ0v) is 10.6. The van der Waals surface area contributed by atoms with Gasteiger partial charge in [-0.1, -0.05) is 18.2 Å². The number of aromatic nitrogens is 1. The minimum absolute atomic E-state index is 0.154. The van der Waals surface area contributed by atoms with E-state index in [1.54, 1.807) is 0 Å². The maximum Gasteiger partial charge on any atom is 0.0708 e. The average Bonchev–Trinajstić information content (AvgIpc) is 2.74. The Morgan fingerprint density at radius 3 is 3.00 bits per heavy atom. The predicted octanol–water partition coefficient (Wildman–Crippen LogP) is 2.11. The van der Waals surface area contributed by atoms with Crippen LogP contribution in [-0.2, 0) is 6.54 Å². The normalized spacial score (nSPS) is 20.7. The Kier molecular flexibility index (Phi) is 3.02. The molecule has 1 N–H and O–H groups in total. The number of hydrogen-bond donors (Lipinski definition) is 1. The number of nitrogens with zero attached hydrogens (tertiary/aromatic N) is 2. The molecule has 0 saturated carbocycles. The highest BCUT2D eigenvalue weighted by molar-refractivity contribution is 5.82. The van der Waals surface area contributed by atoms with Gasteiger partial charge in [-0.05, 0) is 31.0 Å². The molecule has 1 atom stereocenters. The first-order valence-corrected chi connectivity index (χ1v) is 6.48. The monoisotopic (exact) mass is 242 g/mol. The lowest BCUT2D eigenvalue weighted by Gasteiger charge is -2.16. The van der Waals surface area contributed by atoms with Gasteiger partial charge in [-0.2, -0.15) is 0 Å². The molecule has 3 rings (SSSR count). The van der Waals surface area contributed by atoms with Crippen LogP contribution in [-0.4, -0.2) is 34.2 Å². The Morgan fingerprint density at radius 1 is 1.39 bits per heavy atom. The van der Waals surface area contributed by atoms with Gasteiger partial charge in [0.1, 0.15) is 0 Å². The summed E-state index contributed by atoms with van der Waals surface area (Å²) in [6, 6.07) is 10.4. The van der Waals surface area contributed by atoms with Gasteiger partial charge in [0.05, 0.1) is 11.6 Å². The first-order valence-electron chi connectivity index (χ1n) is 6.48. The number of likely N-dealkylation sites (tertiary alicyclic amines) is 1. The number of benzene rings is 1. The van der Waals surface area contributed by atoms with Gasteiger partial charge in [0, 0.05) is 30.7 Å². The smallest absolute Gasteiger partial charge is 0.0708 e. The molecule has 1 aliphatic heterocycles. The van der Waals surface area contributed by atoms with Crippen LogP contribution < -0.4 is 0 Å². The van der Waals surface area contributed by atoms with E-state index in [0.29, 0.717) is 0 Å². The summed E-state index contributed by atoms with van der Waals surface area (Å²) in [6.45, 7) is 4.71. The number of rotatable bonds is 2. The molecule has 2 aromatic rings. The standard InChI is InChI=1S/C15H18N2O/c1-11-8-12(9-17-7-6-13(18)10-17)14-4-2-3-5-15(14)16-11/h2-5,8,13,18H,6-7,9-10H2,1H3/t13-/m1/s1. The lowest BCUT2D eigenvalue weighted by atomic mass is 10.1. The largest absolute Gasteiger partial charge is 0.392 e. The summed E-state index contributed by atoms with van der Waals surface area (Å²) in [5.74, 6) is 0. The first-order chi connectivity index (χ1) is 8.72. The summed E-state index contributed by atoms with van der Waals surface area (Å²) in [7, 11) is 0. The van der Waals surface area contributed by atoms with Gasteiger partial charge in [0.25, 0.3) is 0 Å². The number of para-hydroxylation sites is 1. The molecule has 0 radical (unpaired) electrons. The third kappa shape index (κ3) is 2.24. The number of aryl methyl sites for hydroxylation is 1. The molecular formula is C15H18N2O. The van der Waals surface area contributed by atoms with Crippen molar-refractivity contribution in [2.75, 3.05) is 13.1 Å². The topological polar surface area (TPSA) is 36.4 Å².